The topological polar surface area (TPSA) is 43.1 Å². The van der Waals surface area contributed by atoms with Crippen LogP contribution in [0.2, 0.25) is 0 Å². The third-order valence-electron chi connectivity index (χ3n) is 2.23. The van der Waals surface area contributed by atoms with Gasteiger partial charge in [0.2, 0.25) is 0 Å². The number of carbonyl (C=O) groups is 1. The van der Waals surface area contributed by atoms with E-state index in [1.165, 1.54) is 19.1 Å². The van der Waals surface area contributed by atoms with Gasteiger partial charge in [0.15, 0.2) is 0 Å². The first-order chi connectivity index (χ1) is 7.30. The Kier molecular flexibility index (Phi) is 3.70. The van der Waals surface area contributed by atoms with Gasteiger partial charge in [-0.1, -0.05) is 18.2 Å². The van der Waals surface area contributed by atoms with Crippen LogP contribution in [0.1, 0.15) is 18.1 Å². The number of Topliss-reactive ketones (excluding diaryl/α,β-unsaturated/α-hetero) is 1. The fraction of sp³-hybridized carbons (Fsp3) is 0.364. The van der Waals surface area contributed by atoms with Gasteiger partial charge in [0, 0.05) is 0 Å². The molecule has 0 amide bonds. The van der Waals surface area contributed by atoms with Crippen molar-refractivity contribution < 1.29 is 18.0 Å². The van der Waals surface area contributed by atoms with Crippen molar-refractivity contribution in [3.05, 3.63) is 35.4 Å². The first kappa shape index (κ1) is 12.7. The van der Waals surface area contributed by atoms with Crippen LogP contribution in [0.15, 0.2) is 24.3 Å². The highest BCUT2D eigenvalue weighted by molar-refractivity contribution is 5.81. The Morgan fingerprint density at radius 3 is 2.56 bits per heavy atom. The lowest BCUT2D eigenvalue weighted by Crippen LogP contribution is -2.30. The molecule has 1 rings (SSSR count). The molecule has 0 aliphatic heterocycles. The summed E-state index contributed by atoms with van der Waals surface area (Å²) in [6.45, 7) is 1.32. The van der Waals surface area contributed by atoms with E-state index < -0.39 is 17.8 Å². The second kappa shape index (κ2) is 4.65. The monoisotopic (exact) mass is 231 g/mol. The first-order valence-corrected chi connectivity index (χ1v) is 4.73. The Morgan fingerprint density at radius 1 is 1.44 bits per heavy atom. The molecule has 16 heavy (non-hydrogen) atoms. The van der Waals surface area contributed by atoms with E-state index >= 15 is 0 Å². The van der Waals surface area contributed by atoms with Gasteiger partial charge in [-0.05, 0) is 25.0 Å². The van der Waals surface area contributed by atoms with Crippen LogP contribution in [0.25, 0.3) is 0 Å². The zero-order valence-electron chi connectivity index (χ0n) is 8.71. The molecule has 0 aliphatic carbocycles. The average molecular weight is 231 g/mol. The van der Waals surface area contributed by atoms with Gasteiger partial charge in [-0.2, -0.15) is 13.2 Å². The third kappa shape index (κ3) is 3.34. The van der Waals surface area contributed by atoms with Crippen molar-refractivity contribution >= 4 is 5.78 Å². The molecule has 0 spiro atoms. The average Bonchev–Trinajstić information content (AvgIpc) is 2.16. The maximum absolute atomic E-state index is 12.4. The van der Waals surface area contributed by atoms with E-state index in [0.717, 1.165) is 12.1 Å². The molecule has 0 unspecified atom stereocenters. The molecular weight excluding hydrogens is 219 g/mol. The zero-order valence-corrected chi connectivity index (χ0v) is 8.71. The quantitative estimate of drug-likeness (QED) is 0.866. The molecule has 5 heteroatoms. The Bertz CT molecular complexity index is 387. The van der Waals surface area contributed by atoms with Crippen LogP contribution in [0.4, 0.5) is 13.2 Å². The Morgan fingerprint density at radius 2 is 2.06 bits per heavy atom. The number of halogens is 3. The molecule has 2 nitrogen and oxygen atoms in total. The summed E-state index contributed by atoms with van der Waals surface area (Å²) in [7, 11) is 0. The highest BCUT2D eigenvalue weighted by atomic mass is 19.4. The largest absolute Gasteiger partial charge is 0.416 e. The van der Waals surface area contributed by atoms with Crippen molar-refractivity contribution in [3.8, 4) is 0 Å². The maximum atomic E-state index is 12.4. The summed E-state index contributed by atoms with van der Waals surface area (Å²) in [5.41, 5.74) is 5.17. The number of ketones is 1. The number of nitrogens with two attached hydrogens (primary N) is 1. The second-order valence-electron chi connectivity index (χ2n) is 3.62. The summed E-state index contributed by atoms with van der Waals surface area (Å²) in [6, 6.07) is 4.10. The number of benzene rings is 1. The van der Waals surface area contributed by atoms with E-state index in [9.17, 15) is 18.0 Å². The van der Waals surface area contributed by atoms with E-state index in [2.05, 4.69) is 0 Å². The van der Waals surface area contributed by atoms with Crippen molar-refractivity contribution in [2.45, 2.75) is 25.6 Å². The van der Waals surface area contributed by atoms with Gasteiger partial charge in [-0.25, -0.2) is 0 Å². The molecule has 0 bridgehead atoms. The summed E-state index contributed by atoms with van der Waals surface area (Å²) in [5.74, 6) is -0.239. The van der Waals surface area contributed by atoms with Crippen LogP contribution in [0, 0.1) is 0 Å². The molecular formula is C11H12F3NO. The van der Waals surface area contributed by atoms with Crippen molar-refractivity contribution in [3.63, 3.8) is 0 Å². The molecule has 1 aromatic rings. The van der Waals surface area contributed by atoms with Crippen LogP contribution in [-0.2, 0) is 17.4 Å². The molecule has 2 N–H and O–H groups in total. The molecule has 0 aromatic heterocycles. The first-order valence-electron chi connectivity index (χ1n) is 4.73. The van der Waals surface area contributed by atoms with Gasteiger partial charge >= 0.3 is 6.18 Å². The number of hydrogen-bond acceptors (Lipinski definition) is 2. The van der Waals surface area contributed by atoms with Gasteiger partial charge in [-0.3, -0.25) is 4.79 Å². The predicted molar refractivity (Wildman–Crippen MR) is 53.8 cm³/mol. The third-order valence-corrected chi connectivity index (χ3v) is 2.23. The van der Waals surface area contributed by atoms with Gasteiger partial charge in [-0.15, -0.1) is 0 Å². The standard InChI is InChI=1S/C11H12F3NO/c1-7(16)10(15)6-8-3-2-4-9(5-8)11(12,13)14/h2-5,10H,6,15H2,1H3/t10-/m1/s1. The molecule has 0 aliphatic rings. The maximum Gasteiger partial charge on any atom is 0.416 e. The summed E-state index contributed by atoms with van der Waals surface area (Å²) in [4.78, 5) is 10.9. The lowest BCUT2D eigenvalue weighted by molar-refractivity contribution is -0.137. The highest BCUT2D eigenvalue weighted by Gasteiger charge is 2.30. The van der Waals surface area contributed by atoms with E-state index in [4.69, 9.17) is 5.73 Å². The Labute approximate surface area is 91.3 Å². The minimum absolute atomic E-state index is 0.124. The molecule has 0 saturated carbocycles. The van der Waals surface area contributed by atoms with Crippen molar-refractivity contribution in [1.29, 1.82) is 0 Å². The van der Waals surface area contributed by atoms with E-state index in [1.807, 2.05) is 0 Å². The summed E-state index contributed by atoms with van der Waals surface area (Å²) in [6.07, 6.45) is -4.24. The lowest BCUT2D eigenvalue weighted by atomic mass is 10.0. The van der Waals surface area contributed by atoms with Crippen LogP contribution in [0.3, 0.4) is 0 Å². The Hall–Kier alpha value is -1.36. The minimum atomic E-state index is -4.36. The van der Waals surface area contributed by atoms with Crippen molar-refractivity contribution in [1.82, 2.24) is 0 Å². The second-order valence-corrected chi connectivity index (χ2v) is 3.62. The Balaban J connectivity index is 2.87. The van der Waals surface area contributed by atoms with Crippen LogP contribution < -0.4 is 5.73 Å². The molecule has 1 atom stereocenters. The highest BCUT2D eigenvalue weighted by Crippen LogP contribution is 2.29. The molecule has 88 valence electrons. The molecule has 0 saturated heterocycles. The van der Waals surface area contributed by atoms with Crippen LogP contribution in [-0.4, -0.2) is 11.8 Å². The molecule has 0 heterocycles. The number of carbonyl (C=O) groups excluding carboxylic acids is 1. The normalized spacial score (nSPS) is 13.6. The summed E-state index contributed by atoms with van der Waals surface area (Å²) in [5, 5.41) is 0. The van der Waals surface area contributed by atoms with Gasteiger partial charge in [0.05, 0.1) is 11.6 Å². The molecule has 1 aromatic carbocycles. The fourth-order valence-corrected chi connectivity index (χ4v) is 1.27. The van der Waals surface area contributed by atoms with Gasteiger partial charge in [0.25, 0.3) is 0 Å². The van der Waals surface area contributed by atoms with Gasteiger partial charge in [0.1, 0.15) is 5.78 Å². The van der Waals surface area contributed by atoms with Gasteiger partial charge < -0.3 is 5.73 Å². The van der Waals surface area contributed by atoms with Crippen LogP contribution >= 0.6 is 0 Å². The molecule has 0 radical (unpaired) electrons. The summed E-state index contributed by atoms with van der Waals surface area (Å²) >= 11 is 0. The SMILES string of the molecule is CC(=O)[C@H](N)Cc1cccc(C(F)(F)F)c1. The smallest absolute Gasteiger partial charge is 0.321 e. The van der Waals surface area contributed by atoms with Crippen molar-refractivity contribution in [2.24, 2.45) is 5.73 Å². The van der Waals surface area contributed by atoms with E-state index in [0.29, 0.717) is 5.56 Å². The molecule has 0 fully saturated rings. The van der Waals surface area contributed by atoms with Crippen molar-refractivity contribution in [2.75, 3.05) is 0 Å². The number of hydrogen-bond donors (Lipinski definition) is 1. The van der Waals surface area contributed by atoms with E-state index in [-0.39, 0.29) is 12.2 Å². The minimum Gasteiger partial charge on any atom is -0.321 e. The summed E-state index contributed by atoms with van der Waals surface area (Å²) < 4.78 is 37.1. The zero-order chi connectivity index (χ0) is 12.3. The number of rotatable bonds is 3. The predicted octanol–water partition coefficient (Wildman–Crippen LogP) is 2.16. The lowest BCUT2D eigenvalue weighted by Gasteiger charge is -2.11. The fourth-order valence-electron chi connectivity index (χ4n) is 1.27. The number of alkyl halides is 3. The van der Waals surface area contributed by atoms with E-state index in [1.54, 1.807) is 0 Å². The van der Waals surface area contributed by atoms with Crippen LogP contribution in [0.5, 0.6) is 0 Å².